The molecule has 2 aromatic rings. The number of nitrogens with zero attached hydrogens (tertiary/aromatic N) is 3. The molecule has 2 heterocycles. The van der Waals surface area contributed by atoms with E-state index in [1.165, 1.54) is 12.1 Å². The van der Waals surface area contributed by atoms with Gasteiger partial charge >= 0.3 is 6.03 Å². The van der Waals surface area contributed by atoms with E-state index in [2.05, 4.69) is 38.7 Å². The molecular weight excluding hydrogens is 570 g/mol. The van der Waals surface area contributed by atoms with E-state index >= 15 is 0 Å². The molecule has 39 heavy (non-hydrogen) atoms. The molecule has 11 nitrogen and oxygen atoms in total. The quantitative estimate of drug-likeness (QED) is 0.326. The summed E-state index contributed by atoms with van der Waals surface area (Å²) in [5.41, 5.74) is 6.20. The zero-order valence-electron chi connectivity index (χ0n) is 22.1. The van der Waals surface area contributed by atoms with E-state index in [4.69, 9.17) is 9.47 Å². The van der Waals surface area contributed by atoms with Gasteiger partial charge in [-0.2, -0.15) is 5.10 Å². The number of rotatable bonds is 6. The highest BCUT2D eigenvalue weighted by atomic mass is 79.9. The summed E-state index contributed by atoms with van der Waals surface area (Å²) in [5, 5.41) is 29.0. The number of halogens is 1. The molecule has 1 saturated carbocycles. The molecule has 0 radical (unpaired) electrons. The molecule has 0 bridgehead atoms. The second kappa shape index (κ2) is 10.6. The van der Waals surface area contributed by atoms with Gasteiger partial charge in [0, 0.05) is 48.3 Å². The molecule has 1 aliphatic carbocycles. The lowest BCUT2D eigenvalue weighted by Crippen LogP contribution is -2.54. The van der Waals surface area contributed by atoms with Crippen molar-refractivity contribution in [1.82, 2.24) is 10.2 Å². The van der Waals surface area contributed by atoms with E-state index in [0.717, 1.165) is 27.1 Å². The van der Waals surface area contributed by atoms with Gasteiger partial charge in [-0.3, -0.25) is 15.5 Å². The van der Waals surface area contributed by atoms with E-state index in [1.807, 2.05) is 13.0 Å². The number of nitrogens with one attached hydrogen (secondary N) is 2. The van der Waals surface area contributed by atoms with E-state index in [9.17, 15) is 20.0 Å². The molecular formula is C27H32BrN5O6. The summed E-state index contributed by atoms with van der Waals surface area (Å²) in [6.07, 6.45) is 1.52. The van der Waals surface area contributed by atoms with Gasteiger partial charge in [-0.15, -0.1) is 0 Å². The van der Waals surface area contributed by atoms with Crippen molar-refractivity contribution in [3.8, 4) is 11.5 Å². The Bertz CT molecular complexity index is 1320. The molecule has 0 unspecified atom stereocenters. The Morgan fingerprint density at radius 1 is 1.36 bits per heavy atom. The molecule has 0 aromatic heterocycles. The molecule has 3 N–H and O–H groups in total. The third-order valence-electron chi connectivity index (χ3n) is 8.21. The zero-order chi connectivity index (χ0) is 27.9. The fraction of sp³-hybridized carbons (Fsp3) is 0.481. The van der Waals surface area contributed by atoms with Crippen LogP contribution in [0.15, 0.2) is 39.9 Å². The van der Waals surface area contributed by atoms with Crippen LogP contribution in [0.1, 0.15) is 44.2 Å². The van der Waals surface area contributed by atoms with Crippen molar-refractivity contribution >= 4 is 39.0 Å². The van der Waals surface area contributed by atoms with Crippen molar-refractivity contribution < 1.29 is 24.3 Å². The molecule has 1 fully saturated rings. The second-order valence-corrected chi connectivity index (χ2v) is 11.1. The van der Waals surface area contributed by atoms with E-state index in [-0.39, 0.29) is 30.3 Å². The number of amides is 2. The van der Waals surface area contributed by atoms with Crippen LogP contribution in [-0.2, 0) is 12.0 Å². The van der Waals surface area contributed by atoms with Crippen LogP contribution in [0, 0.1) is 16.0 Å². The van der Waals surface area contributed by atoms with Gasteiger partial charge in [-0.25, -0.2) is 4.79 Å². The van der Waals surface area contributed by atoms with Crippen LogP contribution in [0.5, 0.6) is 11.5 Å². The lowest BCUT2D eigenvalue weighted by Gasteiger charge is -2.45. The molecule has 3 aliphatic rings. The molecule has 2 aliphatic heterocycles. The number of nitro groups is 1. The second-order valence-electron chi connectivity index (χ2n) is 10.3. The van der Waals surface area contributed by atoms with Crippen LogP contribution in [0.3, 0.4) is 0 Å². The Morgan fingerprint density at radius 2 is 2.10 bits per heavy atom. The summed E-state index contributed by atoms with van der Waals surface area (Å²) in [6.45, 7) is 4.70. The van der Waals surface area contributed by atoms with Gasteiger partial charge in [0.15, 0.2) is 0 Å². The van der Waals surface area contributed by atoms with Gasteiger partial charge in [0.05, 0.1) is 30.4 Å². The normalized spacial score (nSPS) is 26.2. The number of carbonyl (C=O) groups excluding carboxylic acids is 1. The van der Waals surface area contributed by atoms with Gasteiger partial charge in [0.2, 0.25) is 0 Å². The van der Waals surface area contributed by atoms with Crippen LogP contribution in [0.2, 0.25) is 0 Å². The smallest absolute Gasteiger partial charge is 0.318 e. The lowest BCUT2D eigenvalue weighted by molar-refractivity contribution is -0.384. The first kappa shape index (κ1) is 27.2. The topological polar surface area (TPSA) is 139 Å². The number of hydrogen-bond donors (Lipinski definition) is 3. The van der Waals surface area contributed by atoms with Gasteiger partial charge < -0.3 is 24.8 Å². The molecule has 208 valence electrons. The van der Waals surface area contributed by atoms with Crippen LogP contribution in [0.4, 0.5) is 16.2 Å². The Morgan fingerprint density at radius 3 is 2.74 bits per heavy atom. The summed E-state index contributed by atoms with van der Waals surface area (Å²) in [5.74, 6) is 1.43. The number of benzene rings is 2. The highest BCUT2D eigenvalue weighted by Crippen LogP contribution is 2.60. The number of non-ortho nitro benzene ring substituents is 1. The predicted molar refractivity (Wildman–Crippen MR) is 149 cm³/mol. The minimum Gasteiger partial charge on any atom is -0.495 e. The standard InChI is InChI=1S/C27H32BrN5O6/c1-4-29-26(35)32-13-16-10-21(38-3)24(28)25-23(16)27(12-20(32)14-34)15(2)9-18(11-22(27)39-25)31-30-17-5-7-19(8-6-17)33(36)37/h5-8,10,15,20,22,30,34H,4,9,11-14H2,1-3H3,(H,29,35)/b31-18+/t15-,20+,22-,27+/m1/s1. The highest BCUT2D eigenvalue weighted by Gasteiger charge is 2.59. The molecule has 12 heteroatoms. The Kier molecular flexibility index (Phi) is 7.43. The number of urea groups is 1. The molecule has 1 spiro atoms. The van der Waals surface area contributed by atoms with E-state index in [0.29, 0.717) is 43.8 Å². The lowest BCUT2D eigenvalue weighted by atomic mass is 9.59. The number of hydrazone groups is 1. The van der Waals surface area contributed by atoms with Gasteiger partial charge in [-0.1, -0.05) is 6.92 Å². The fourth-order valence-corrected chi connectivity index (χ4v) is 6.95. The maximum absolute atomic E-state index is 13.1. The average molecular weight is 602 g/mol. The minimum atomic E-state index is -0.444. The number of aliphatic hydroxyl groups is 1. The Hall–Kier alpha value is -3.38. The fourth-order valence-electron chi connectivity index (χ4n) is 6.38. The first-order valence-corrected chi connectivity index (χ1v) is 13.8. The molecule has 5 rings (SSSR count). The van der Waals surface area contributed by atoms with Crippen molar-refractivity contribution in [2.24, 2.45) is 11.0 Å². The summed E-state index contributed by atoms with van der Waals surface area (Å²) in [4.78, 5) is 25.3. The zero-order valence-corrected chi connectivity index (χ0v) is 23.7. The number of anilines is 1. The average Bonchev–Trinajstić information content (AvgIpc) is 3.18. The largest absolute Gasteiger partial charge is 0.495 e. The summed E-state index contributed by atoms with van der Waals surface area (Å²) in [7, 11) is 1.60. The predicted octanol–water partition coefficient (Wildman–Crippen LogP) is 4.56. The van der Waals surface area contributed by atoms with E-state index in [1.54, 1.807) is 24.1 Å². The first-order valence-electron chi connectivity index (χ1n) is 13.0. The van der Waals surface area contributed by atoms with Crippen LogP contribution in [-0.4, -0.2) is 59.1 Å². The van der Waals surface area contributed by atoms with Crippen LogP contribution >= 0.6 is 15.9 Å². The molecule has 2 amide bonds. The number of ether oxygens (including phenoxy) is 2. The maximum atomic E-state index is 13.1. The van der Waals surface area contributed by atoms with Gasteiger partial charge in [-0.05, 0) is 65.4 Å². The number of methoxy groups -OCH3 is 1. The molecule has 4 atom stereocenters. The number of hydrogen-bond acceptors (Lipinski definition) is 8. The van der Waals surface area contributed by atoms with Gasteiger partial charge in [0.25, 0.3) is 5.69 Å². The highest BCUT2D eigenvalue weighted by molar-refractivity contribution is 9.10. The SMILES string of the molecule is CCNC(=O)N1Cc2cc(OC)c(Br)c3c2[C@@]2(C[C@H]1CO)[C@H](C)C/C(=N\Nc1ccc([N+](=O)[O-])cc1)C[C@H]2O3. The third kappa shape index (κ3) is 4.59. The van der Waals surface area contributed by atoms with Crippen molar-refractivity contribution in [2.45, 2.75) is 57.2 Å². The summed E-state index contributed by atoms with van der Waals surface area (Å²) >= 11 is 3.69. The van der Waals surface area contributed by atoms with E-state index < -0.39 is 16.4 Å². The summed E-state index contributed by atoms with van der Waals surface area (Å²) < 4.78 is 13.1. The Labute approximate surface area is 234 Å². The van der Waals surface area contributed by atoms with Crippen molar-refractivity contribution in [3.63, 3.8) is 0 Å². The summed E-state index contributed by atoms with van der Waals surface area (Å²) in [6, 6.07) is 7.48. The van der Waals surface area contributed by atoms with Gasteiger partial charge in [0.1, 0.15) is 22.1 Å². The monoisotopic (exact) mass is 601 g/mol. The van der Waals surface area contributed by atoms with Crippen molar-refractivity contribution in [1.29, 1.82) is 0 Å². The molecule has 0 saturated heterocycles. The first-order chi connectivity index (χ1) is 18.7. The van der Waals surface area contributed by atoms with Crippen molar-refractivity contribution in [2.75, 3.05) is 25.7 Å². The van der Waals surface area contributed by atoms with Crippen LogP contribution < -0.4 is 20.2 Å². The number of carbonyl (C=O) groups is 1. The number of nitro benzene ring substituents is 1. The molecule has 2 aromatic carbocycles. The minimum absolute atomic E-state index is 0.0174. The third-order valence-corrected chi connectivity index (χ3v) is 8.96. The van der Waals surface area contributed by atoms with Crippen LogP contribution in [0.25, 0.3) is 0 Å². The Balaban J connectivity index is 1.52. The van der Waals surface area contributed by atoms with Crippen molar-refractivity contribution in [3.05, 3.63) is 56.0 Å². The number of aliphatic hydroxyl groups excluding tert-OH is 1. The maximum Gasteiger partial charge on any atom is 0.318 e.